The molecule has 1 heteroatoms. The molecule has 1 aromatic rings. The Balaban J connectivity index is 1.21. The van der Waals surface area contributed by atoms with Crippen LogP contribution < -0.4 is 4.74 Å². The summed E-state index contributed by atoms with van der Waals surface area (Å²) in [5, 5.41) is 0. The second-order valence-electron chi connectivity index (χ2n) is 12.0. The van der Waals surface area contributed by atoms with Crippen molar-refractivity contribution in [3.8, 4) is 5.75 Å². The van der Waals surface area contributed by atoms with Crippen LogP contribution in [-0.2, 0) is 6.42 Å². The van der Waals surface area contributed by atoms with Gasteiger partial charge in [-0.3, -0.25) is 0 Å². The molecule has 2 aliphatic rings. The zero-order valence-electron chi connectivity index (χ0n) is 22.9. The number of hydrogen-bond donors (Lipinski definition) is 0. The molecule has 3 rings (SSSR count). The molecule has 0 radical (unpaired) electrons. The van der Waals surface area contributed by atoms with Gasteiger partial charge in [0.2, 0.25) is 0 Å². The van der Waals surface area contributed by atoms with E-state index < -0.39 is 0 Å². The standard InChI is InChI=1S/C33H56O/c1-3-5-7-11-28-15-17-30(18-16-28)13-9-10-14-31-23-25-33(26-24-31)34-27-32-21-19-29(20-22-32)12-8-6-4-2/h23-26,28-30,32H,3-22,27H2,1-2H3. The molecule has 2 fully saturated rings. The zero-order valence-corrected chi connectivity index (χ0v) is 22.9. The highest BCUT2D eigenvalue weighted by molar-refractivity contribution is 5.27. The number of unbranched alkanes of at least 4 members (excludes halogenated alkanes) is 5. The Kier molecular flexibility index (Phi) is 13.5. The zero-order chi connectivity index (χ0) is 23.8. The molecule has 34 heavy (non-hydrogen) atoms. The normalized spacial score (nSPS) is 25.4. The third kappa shape index (κ3) is 10.7. The van der Waals surface area contributed by atoms with Gasteiger partial charge >= 0.3 is 0 Å². The molecule has 1 nitrogen and oxygen atoms in total. The number of hydrogen-bond acceptors (Lipinski definition) is 1. The molecular weight excluding hydrogens is 412 g/mol. The first-order valence-corrected chi connectivity index (χ1v) is 15.5. The highest BCUT2D eigenvalue weighted by atomic mass is 16.5. The van der Waals surface area contributed by atoms with Gasteiger partial charge in [-0.15, -0.1) is 0 Å². The fourth-order valence-electron chi connectivity index (χ4n) is 6.59. The molecule has 2 saturated carbocycles. The minimum Gasteiger partial charge on any atom is -0.493 e. The second kappa shape index (κ2) is 16.6. The summed E-state index contributed by atoms with van der Waals surface area (Å²) < 4.78 is 6.18. The summed E-state index contributed by atoms with van der Waals surface area (Å²) in [5.74, 6) is 4.91. The van der Waals surface area contributed by atoms with E-state index in [1.807, 2.05) is 0 Å². The van der Waals surface area contributed by atoms with Gasteiger partial charge in [0.25, 0.3) is 0 Å². The molecule has 194 valence electrons. The Labute approximate surface area is 212 Å². The van der Waals surface area contributed by atoms with E-state index in [4.69, 9.17) is 4.74 Å². The Bertz CT molecular complexity index is 604. The van der Waals surface area contributed by atoms with Crippen LogP contribution in [0.5, 0.6) is 5.75 Å². The predicted octanol–water partition coefficient (Wildman–Crippen LogP) is 10.6. The Morgan fingerprint density at radius 3 is 1.47 bits per heavy atom. The average Bonchev–Trinajstić information content (AvgIpc) is 2.88. The van der Waals surface area contributed by atoms with Gasteiger partial charge in [-0.05, 0) is 67.1 Å². The minimum atomic E-state index is 0.772. The largest absolute Gasteiger partial charge is 0.493 e. The summed E-state index contributed by atoms with van der Waals surface area (Å²) >= 11 is 0. The average molecular weight is 469 g/mol. The summed E-state index contributed by atoms with van der Waals surface area (Å²) in [5.41, 5.74) is 1.49. The maximum absolute atomic E-state index is 6.18. The molecule has 0 aromatic heterocycles. The fourth-order valence-corrected chi connectivity index (χ4v) is 6.59. The van der Waals surface area contributed by atoms with Crippen LogP contribution in [0.1, 0.15) is 141 Å². The first-order chi connectivity index (χ1) is 16.8. The molecule has 0 heterocycles. The Morgan fingerprint density at radius 1 is 0.559 bits per heavy atom. The molecule has 0 spiro atoms. The smallest absolute Gasteiger partial charge is 0.119 e. The summed E-state index contributed by atoms with van der Waals surface area (Å²) in [4.78, 5) is 0. The van der Waals surface area contributed by atoms with Crippen molar-refractivity contribution in [3.63, 3.8) is 0 Å². The molecule has 1 aromatic carbocycles. The van der Waals surface area contributed by atoms with Crippen LogP contribution in [0.2, 0.25) is 0 Å². The number of benzene rings is 1. The molecule has 0 bridgehead atoms. The Morgan fingerprint density at radius 2 is 1.00 bits per heavy atom. The summed E-state index contributed by atoms with van der Waals surface area (Å²) in [6.07, 6.45) is 28.5. The fraction of sp³-hybridized carbons (Fsp3) is 0.818. The van der Waals surface area contributed by atoms with Crippen molar-refractivity contribution in [2.45, 2.75) is 142 Å². The SMILES string of the molecule is CCCCCC1CCC(CCCCc2ccc(OCC3CCC(CCCCC)CC3)cc2)CC1. The van der Waals surface area contributed by atoms with Crippen molar-refractivity contribution in [1.82, 2.24) is 0 Å². The van der Waals surface area contributed by atoms with Crippen LogP contribution in [-0.4, -0.2) is 6.61 Å². The van der Waals surface area contributed by atoms with Crippen LogP contribution in [0.4, 0.5) is 0 Å². The van der Waals surface area contributed by atoms with Crippen LogP contribution in [0.25, 0.3) is 0 Å². The van der Waals surface area contributed by atoms with E-state index in [0.29, 0.717) is 0 Å². The third-order valence-electron chi connectivity index (χ3n) is 9.10. The summed E-state index contributed by atoms with van der Waals surface area (Å²) in [7, 11) is 0. The topological polar surface area (TPSA) is 9.23 Å². The predicted molar refractivity (Wildman–Crippen MR) is 149 cm³/mol. The van der Waals surface area contributed by atoms with Gasteiger partial charge in [0.15, 0.2) is 0 Å². The van der Waals surface area contributed by atoms with Crippen molar-refractivity contribution in [1.29, 1.82) is 0 Å². The van der Waals surface area contributed by atoms with Crippen LogP contribution in [0.15, 0.2) is 24.3 Å². The maximum Gasteiger partial charge on any atom is 0.119 e. The summed E-state index contributed by atoms with van der Waals surface area (Å²) in [6.45, 7) is 5.55. The highest BCUT2D eigenvalue weighted by Crippen LogP contribution is 2.35. The lowest BCUT2D eigenvalue weighted by Crippen LogP contribution is -2.20. The lowest BCUT2D eigenvalue weighted by atomic mass is 9.78. The van der Waals surface area contributed by atoms with Gasteiger partial charge in [0.05, 0.1) is 6.61 Å². The molecule has 0 saturated heterocycles. The van der Waals surface area contributed by atoms with E-state index >= 15 is 0 Å². The number of rotatable bonds is 16. The van der Waals surface area contributed by atoms with Crippen LogP contribution in [0.3, 0.4) is 0 Å². The van der Waals surface area contributed by atoms with Crippen LogP contribution >= 0.6 is 0 Å². The molecular formula is C33H56O. The van der Waals surface area contributed by atoms with Gasteiger partial charge in [0.1, 0.15) is 5.75 Å². The van der Waals surface area contributed by atoms with E-state index in [1.54, 1.807) is 0 Å². The van der Waals surface area contributed by atoms with Gasteiger partial charge in [-0.25, -0.2) is 0 Å². The first-order valence-electron chi connectivity index (χ1n) is 15.5. The van der Waals surface area contributed by atoms with Crippen molar-refractivity contribution in [3.05, 3.63) is 29.8 Å². The number of ether oxygens (including phenoxy) is 1. The van der Waals surface area contributed by atoms with E-state index in [9.17, 15) is 0 Å². The molecule has 0 N–H and O–H groups in total. The van der Waals surface area contributed by atoms with Crippen molar-refractivity contribution in [2.75, 3.05) is 6.61 Å². The first kappa shape index (κ1) is 27.6. The highest BCUT2D eigenvalue weighted by Gasteiger charge is 2.22. The van der Waals surface area contributed by atoms with Gasteiger partial charge < -0.3 is 4.74 Å². The monoisotopic (exact) mass is 468 g/mol. The van der Waals surface area contributed by atoms with Gasteiger partial charge in [-0.1, -0.05) is 129 Å². The minimum absolute atomic E-state index is 0.772. The van der Waals surface area contributed by atoms with E-state index in [0.717, 1.165) is 36.0 Å². The summed E-state index contributed by atoms with van der Waals surface area (Å²) in [6, 6.07) is 9.04. The van der Waals surface area contributed by atoms with Gasteiger partial charge in [-0.2, -0.15) is 0 Å². The van der Waals surface area contributed by atoms with E-state index in [-0.39, 0.29) is 0 Å². The molecule has 0 atom stereocenters. The van der Waals surface area contributed by atoms with E-state index in [2.05, 4.69) is 38.1 Å². The quantitative estimate of drug-likeness (QED) is 0.219. The lowest BCUT2D eigenvalue weighted by Gasteiger charge is -2.28. The molecule has 2 aliphatic carbocycles. The molecule has 0 amide bonds. The molecule has 0 unspecified atom stereocenters. The van der Waals surface area contributed by atoms with Crippen molar-refractivity contribution < 1.29 is 4.74 Å². The third-order valence-corrected chi connectivity index (χ3v) is 9.10. The van der Waals surface area contributed by atoms with Crippen LogP contribution in [0, 0.1) is 23.7 Å². The maximum atomic E-state index is 6.18. The number of aryl methyl sites for hydroxylation is 1. The lowest BCUT2D eigenvalue weighted by molar-refractivity contribution is 0.177. The van der Waals surface area contributed by atoms with Crippen molar-refractivity contribution >= 4 is 0 Å². The van der Waals surface area contributed by atoms with Gasteiger partial charge in [0, 0.05) is 0 Å². The van der Waals surface area contributed by atoms with Crippen molar-refractivity contribution in [2.24, 2.45) is 23.7 Å². The second-order valence-corrected chi connectivity index (χ2v) is 12.0. The Hall–Kier alpha value is -0.980. The van der Waals surface area contributed by atoms with E-state index in [1.165, 1.54) is 134 Å². The molecule has 0 aliphatic heterocycles.